The molecule has 0 saturated carbocycles. The van der Waals surface area contributed by atoms with E-state index in [1.165, 1.54) is 5.56 Å². The normalized spacial score (nSPS) is 11.3. The van der Waals surface area contributed by atoms with Crippen molar-refractivity contribution < 1.29 is 0 Å². The van der Waals surface area contributed by atoms with E-state index in [1.54, 1.807) is 0 Å². The topological polar surface area (TPSA) is 33.6 Å². The Balaban J connectivity index is 2.17. The number of rotatable bonds is 1. The van der Waals surface area contributed by atoms with Crippen LogP contribution in [-0.2, 0) is 0 Å². The average Bonchev–Trinajstić information content (AvgIpc) is 2.84. The lowest BCUT2D eigenvalue weighted by molar-refractivity contribution is 1.07. The number of nitrogens with one attached hydrogen (secondary N) is 1. The Morgan fingerprint density at radius 1 is 1.05 bits per heavy atom. The van der Waals surface area contributed by atoms with Gasteiger partial charge in [-0.15, -0.1) is 0 Å². The van der Waals surface area contributed by atoms with Crippen LogP contribution in [0.3, 0.4) is 0 Å². The molecule has 2 aromatic heterocycles. The van der Waals surface area contributed by atoms with Crippen LogP contribution in [0.25, 0.3) is 27.6 Å². The molecule has 4 rings (SSSR count). The van der Waals surface area contributed by atoms with Crippen molar-refractivity contribution in [2.75, 3.05) is 0 Å². The number of nitrogens with zero attached hydrogens (tertiary/aromatic N) is 2. The lowest BCUT2D eigenvalue weighted by atomic mass is 10.1. The molecular weight excluding hydrogens is 278 g/mol. The van der Waals surface area contributed by atoms with Gasteiger partial charge in [0, 0.05) is 11.6 Å². The molecule has 0 atom stereocenters. The first-order valence-corrected chi connectivity index (χ1v) is 7.21. The maximum Gasteiger partial charge on any atom is 0.182 e. The van der Waals surface area contributed by atoms with Gasteiger partial charge in [-0.3, -0.25) is 9.55 Å². The summed E-state index contributed by atoms with van der Waals surface area (Å²) in [6.45, 7) is 2.08. The number of para-hydroxylation sites is 2. The zero-order valence-corrected chi connectivity index (χ0v) is 12.3. The van der Waals surface area contributed by atoms with Crippen LogP contribution >= 0.6 is 12.2 Å². The Morgan fingerprint density at radius 2 is 1.86 bits per heavy atom. The minimum atomic E-state index is 0.692. The third-order valence-electron chi connectivity index (χ3n) is 3.78. The van der Waals surface area contributed by atoms with Gasteiger partial charge in [0.2, 0.25) is 0 Å². The predicted octanol–water partition coefficient (Wildman–Crippen LogP) is 4.54. The summed E-state index contributed by atoms with van der Waals surface area (Å²) in [7, 11) is 0. The highest BCUT2D eigenvalue weighted by Crippen LogP contribution is 2.26. The number of hydrogen-bond donors (Lipinski definition) is 1. The quantitative estimate of drug-likeness (QED) is 0.522. The number of pyridine rings is 1. The number of benzene rings is 2. The fraction of sp³-hybridized carbons (Fsp3) is 0.0588. The second-order valence-electron chi connectivity index (χ2n) is 5.09. The maximum atomic E-state index is 5.54. The zero-order chi connectivity index (χ0) is 14.4. The van der Waals surface area contributed by atoms with Gasteiger partial charge in [-0.2, -0.15) is 0 Å². The number of H-pyrrole nitrogens is 1. The van der Waals surface area contributed by atoms with Crippen LogP contribution in [-0.4, -0.2) is 14.5 Å². The van der Waals surface area contributed by atoms with Crippen LogP contribution in [0, 0.1) is 11.7 Å². The summed E-state index contributed by atoms with van der Waals surface area (Å²) in [6, 6.07) is 16.4. The molecule has 0 bridgehead atoms. The van der Waals surface area contributed by atoms with E-state index in [4.69, 9.17) is 12.2 Å². The van der Waals surface area contributed by atoms with E-state index in [0.717, 1.165) is 27.6 Å². The highest BCUT2D eigenvalue weighted by Gasteiger charge is 2.11. The molecule has 0 aliphatic heterocycles. The summed E-state index contributed by atoms with van der Waals surface area (Å²) in [5.41, 5.74) is 5.31. The van der Waals surface area contributed by atoms with Crippen molar-refractivity contribution in [3.8, 4) is 5.69 Å². The molecule has 21 heavy (non-hydrogen) atoms. The fourth-order valence-electron chi connectivity index (χ4n) is 2.78. The molecule has 2 heterocycles. The highest BCUT2D eigenvalue weighted by molar-refractivity contribution is 7.71. The number of aryl methyl sites for hydroxylation is 1. The molecular formula is C17H13N3S. The van der Waals surface area contributed by atoms with Gasteiger partial charge >= 0.3 is 0 Å². The lowest BCUT2D eigenvalue weighted by Gasteiger charge is -2.08. The van der Waals surface area contributed by atoms with Crippen molar-refractivity contribution >= 4 is 34.2 Å². The van der Waals surface area contributed by atoms with Gasteiger partial charge in [0.15, 0.2) is 4.77 Å². The second kappa shape index (κ2) is 4.53. The van der Waals surface area contributed by atoms with Crippen molar-refractivity contribution in [3.05, 3.63) is 65.1 Å². The molecule has 0 radical (unpaired) electrons. The molecule has 0 spiro atoms. The Hall–Kier alpha value is -2.46. The van der Waals surface area contributed by atoms with Crippen LogP contribution in [0.5, 0.6) is 0 Å². The molecule has 0 aliphatic carbocycles. The molecule has 2 aromatic carbocycles. The van der Waals surface area contributed by atoms with E-state index in [0.29, 0.717) is 4.77 Å². The number of aromatic nitrogens is 3. The van der Waals surface area contributed by atoms with Crippen LogP contribution in [0.4, 0.5) is 0 Å². The largest absolute Gasteiger partial charge is 0.330 e. The Bertz CT molecular complexity index is 1020. The van der Waals surface area contributed by atoms with E-state index >= 15 is 0 Å². The zero-order valence-electron chi connectivity index (χ0n) is 11.5. The monoisotopic (exact) mass is 291 g/mol. The minimum absolute atomic E-state index is 0.692. The lowest BCUT2D eigenvalue weighted by Crippen LogP contribution is -1.96. The molecule has 0 amide bonds. The Kier molecular flexibility index (Phi) is 2.65. The van der Waals surface area contributed by atoms with Crippen LogP contribution < -0.4 is 0 Å². The van der Waals surface area contributed by atoms with Gasteiger partial charge in [-0.25, -0.2) is 0 Å². The summed E-state index contributed by atoms with van der Waals surface area (Å²) >= 11 is 5.54. The number of imidazole rings is 1. The average molecular weight is 291 g/mol. The molecule has 0 fully saturated rings. The Labute approximate surface area is 126 Å². The van der Waals surface area contributed by atoms with Crippen LogP contribution in [0.1, 0.15) is 5.56 Å². The van der Waals surface area contributed by atoms with Crippen molar-refractivity contribution in [1.29, 1.82) is 0 Å². The van der Waals surface area contributed by atoms with Crippen molar-refractivity contribution in [2.45, 2.75) is 6.92 Å². The second-order valence-corrected chi connectivity index (χ2v) is 5.47. The molecule has 0 saturated heterocycles. The molecule has 102 valence electrons. The molecule has 0 aliphatic rings. The first-order chi connectivity index (χ1) is 10.3. The van der Waals surface area contributed by atoms with Crippen molar-refractivity contribution in [1.82, 2.24) is 14.5 Å². The third kappa shape index (κ3) is 1.80. The van der Waals surface area contributed by atoms with Crippen molar-refractivity contribution in [2.24, 2.45) is 0 Å². The summed E-state index contributed by atoms with van der Waals surface area (Å²) in [4.78, 5) is 7.83. The maximum absolute atomic E-state index is 5.54. The first kappa shape index (κ1) is 12.3. The van der Waals surface area contributed by atoms with Crippen molar-refractivity contribution in [3.63, 3.8) is 0 Å². The summed E-state index contributed by atoms with van der Waals surface area (Å²) < 4.78 is 2.75. The molecule has 0 unspecified atom stereocenters. The number of aromatic amines is 1. The van der Waals surface area contributed by atoms with Gasteiger partial charge < -0.3 is 4.98 Å². The summed E-state index contributed by atoms with van der Waals surface area (Å²) in [6.07, 6.45) is 1.82. The SMILES string of the molecule is Cc1cccc2c1[nH]c(=S)n2-c1cccc2cccnc12. The third-order valence-corrected chi connectivity index (χ3v) is 4.06. The standard InChI is InChI=1S/C17H13N3S/c1-11-5-2-8-13-15(11)19-17(21)20(13)14-9-3-6-12-7-4-10-18-16(12)14/h2-10H,1H3,(H,19,21). The van der Waals surface area contributed by atoms with Gasteiger partial charge in [0.1, 0.15) is 0 Å². The molecule has 3 nitrogen and oxygen atoms in total. The predicted molar refractivity (Wildman–Crippen MR) is 88.5 cm³/mol. The van der Waals surface area contributed by atoms with E-state index in [9.17, 15) is 0 Å². The summed E-state index contributed by atoms with van der Waals surface area (Å²) in [5, 5.41) is 1.11. The highest BCUT2D eigenvalue weighted by atomic mass is 32.1. The van der Waals surface area contributed by atoms with E-state index in [2.05, 4.69) is 57.9 Å². The summed E-state index contributed by atoms with van der Waals surface area (Å²) in [5.74, 6) is 0. The first-order valence-electron chi connectivity index (χ1n) is 6.80. The smallest absolute Gasteiger partial charge is 0.182 e. The van der Waals surface area contributed by atoms with E-state index in [-0.39, 0.29) is 0 Å². The van der Waals surface area contributed by atoms with E-state index in [1.807, 2.05) is 18.3 Å². The molecule has 1 N–H and O–H groups in total. The van der Waals surface area contributed by atoms with Crippen LogP contribution in [0.15, 0.2) is 54.7 Å². The van der Waals surface area contributed by atoms with Crippen LogP contribution in [0.2, 0.25) is 0 Å². The van der Waals surface area contributed by atoms with Gasteiger partial charge in [-0.1, -0.05) is 30.3 Å². The molecule has 4 aromatic rings. The number of hydrogen-bond acceptors (Lipinski definition) is 2. The molecule has 4 heteroatoms. The minimum Gasteiger partial charge on any atom is -0.330 e. The van der Waals surface area contributed by atoms with Gasteiger partial charge in [-0.05, 0) is 42.9 Å². The van der Waals surface area contributed by atoms with E-state index < -0.39 is 0 Å². The van der Waals surface area contributed by atoms with Gasteiger partial charge in [0.25, 0.3) is 0 Å². The van der Waals surface area contributed by atoms with Gasteiger partial charge in [0.05, 0.1) is 22.2 Å². The Morgan fingerprint density at radius 3 is 2.76 bits per heavy atom. The number of fused-ring (bicyclic) bond motifs is 2. The fourth-order valence-corrected chi connectivity index (χ4v) is 3.08.